The molecule has 0 atom stereocenters. The van der Waals surface area contributed by atoms with Crippen LogP contribution < -0.4 is 5.32 Å². The molecule has 5 heteroatoms. The van der Waals surface area contributed by atoms with E-state index in [1.165, 1.54) is 12.1 Å². The molecule has 0 saturated carbocycles. The molecule has 0 unspecified atom stereocenters. The second-order valence-corrected chi connectivity index (χ2v) is 5.63. The third-order valence-electron chi connectivity index (χ3n) is 2.48. The lowest BCUT2D eigenvalue weighted by molar-refractivity contribution is -0.115. The fourth-order valence-electron chi connectivity index (χ4n) is 1.57. The SMILES string of the molecule is O=C(Cc1ccc(F)cc1)Nc1ccc(I)cc1Cl. The third kappa shape index (κ3) is 4.18. The zero-order chi connectivity index (χ0) is 13.8. The molecule has 0 radical (unpaired) electrons. The summed E-state index contributed by atoms with van der Waals surface area (Å²) < 4.78 is 13.7. The van der Waals surface area contributed by atoms with Crippen molar-refractivity contribution in [2.75, 3.05) is 5.32 Å². The predicted octanol–water partition coefficient (Wildman–Crippen LogP) is 4.26. The van der Waals surface area contributed by atoms with Crippen LogP contribution in [0.2, 0.25) is 5.02 Å². The molecule has 0 aliphatic heterocycles. The Hall–Kier alpha value is -1.14. The van der Waals surface area contributed by atoms with Gasteiger partial charge in [-0.3, -0.25) is 4.79 Å². The second kappa shape index (κ2) is 6.34. The molecule has 0 fully saturated rings. The van der Waals surface area contributed by atoms with Crippen LogP contribution in [-0.2, 0) is 11.2 Å². The van der Waals surface area contributed by atoms with E-state index in [0.29, 0.717) is 10.7 Å². The summed E-state index contributed by atoms with van der Waals surface area (Å²) in [4.78, 5) is 11.8. The Balaban J connectivity index is 2.03. The summed E-state index contributed by atoms with van der Waals surface area (Å²) in [5, 5.41) is 3.23. The van der Waals surface area contributed by atoms with E-state index < -0.39 is 0 Å². The second-order valence-electron chi connectivity index (χ2n) is 3.98. The van der Waals surface area contributed by atoms with Gasteiger partial charge in [0.05, 0.1) is 17.1 Å². The van der Waals surface area contributed by atoms with Crippen molar-refractivity contribution in [2.24, 2.45) is 0 Å². The van der Waals surface area contributed by atoms with Crippen molar-refractivity contribution in [1.82, 2.24) is 0 Å². The fourth-order valence-corrected chi connectivity index (χ4v) is 2.48. The van der Waals surface area contributed by atoms with Crippen LogP contribution in [-0.4, -0.2) is 5.91 Å². The van der Waals surface area contributed by atoms with Crippen molar-refractivity contribution < 1.29 is 9.18 Å². The van der Waals surface area contributed by atoms with Crippen LogP contribution in [0.1, 0.15) is 5.56 Å². The topological polar surface area (TPSA) is 29.1 Å². The van der Waals surface area contributed by atoms with Crippen molar-refractivity contribution in [3.8, 4) is 0 Å². The molecule has 19 heavy (non-hydrogen) atoms. The van der Waals surface area contributed by atoms with E-state index in [-0.39, 0.29) is 18.1 Å². The number of rotatable bonds is 3. The standard InChI is InChI=1S/C14H10ClFINO/c15-12-8-11(17)5-6-13(12)18-14(19)7-9-1-3-10(16)4-2-9/h1-6,8H,7H2,(H,18,19). The Morgan fingerprint density at radius 2 is 1.89 bits per heavy atom. The highest BCUT2D eigenvalue weighted by molar-refractivity contribution is 14.1. The van der Waals surface area contributed by atoms with Gasteiger partial charge in [-0.15, -0.1) is 0 Å². The molecule has 0 aliphatic carbocycles. The molecule has 98 valence electrons. The van der Waals surface area contributed by atoms with E-state index in [1.54, 1.807) is 24.3 Å². The number of carbonyl (C=O) groups excluding carboxylic acids is 1. The molecule has 0 bridgehead atoms. The largest absolute Gasteiger partial charge is 0.324 e. The molecule has 2 aromatic rings. The van der Waals surface area contributed by atoms with Crippen molar-refractivity contribution in [3.63, 3.8) is 0 Å². The molecular formula is C14H10ClFINO. The minimum Gasteiger partial charge on any atom is -0.324 e. The highest BCUT2D eigenvalue weighted by Gasteiger charge is 2.07. The minimum atomic E-state index is -0.315. The molecular weight excluding hydrogens is 380 g/mol. The summed E-state index contributed by atoms with van der Waals surface area (Å²) in [6.07, 6.45) is 0.183. The molecule has 2 rings (SSSR count). The average molecular weight is 390 g/mol. The molecule has 2 nitrogen and oxygen atoms in total. The van der Waals surface area contributed by atoms with E-state index in [1.807, 2.05) is 6.07 Å². The van der Waals surface area contributed by atoms with Gasteiger partial charge < -0.3 is 5.32 Å². The van der Waals surface area contributed by atoms with Crippen molar-refractivity contribution in [1.29, 1.82) is 0 Å². The highest BCUT2D eigenvalue weighted by Crippen LogP contribution is 2.23. The van der Waals surface area contributed by atoms with E-state index in [0.717, 1.165) is 9.13 Å². The Bertz CT molecular complexity index is 601. The van der Waals surface area contributed by atoms with Crippen LogP contribution in [0.3, 0.4) is 0 Å². The number of hydrogen-bond donors (Lipinski definition) is 1. The number of carbonyl (C=O) groups is 1. The van der Waals surface area contributed by atoms with E-state index in [4.69, 9.17) is 11.6 Å². The lowest BCUT2D eigenvalue weighted by Crippen LogP contribution is -2.14. The highest BCUT2D eigenvalue weighted by atomic mass is 127. The van der Waals surface area contributed by atoms with Gasteiger partial charge in [0.25, 0.3) is 0 Å². The van der Waals surface area contributed by atoms with E-state index >= 15 is 0 Å². The molecule has 0 saturated heterocycles. The first-order chi connectivity index (χ1) is 9.04. The summed E-state index contributed by atoms with van der Waals surface area (Å²) in [6, 6.07) is 11.2. The molecule has 2 aromatic carbocycles. The number of nitrogens with one attached hydrogen (secondary N) is 1. The first-order valence-corrected chi connectivity index (χ1v) is 6.99. The molecule has 0 spiro atoms. The molecule has 0 aromatic heterocycles. The number of halogens is 3. The van der Waals surface area contributed by atoms with Crippen LogP contribution in [0.15, 0.2) is 42.5 Å². The Morgan fingerprint density at radius 3 is 2.53 bits per heavy atom. The molecule has 1 amide bonds. The average Bonchev–Trinajstić information content (AvgIpc) is 2.36. The zero-order valence-electron chi connectivity index (χ0n) is 9.79. The van der Waals surface area contributed by atoms with Gasteiger partial charge >= 0.3 is 0 Å². The van der Waals surface area contributed by atoms with Crippen molar-refractivity contribution in [3.05, 3.63) is 62.4 Å². The number of anilines is 1. The van der Waals surface area contributed by atoms with Gasteiger partial charge in [0.15, 0.2) is 0 Å². The van der Waals surface area contributed by atoms with Crippen molar-refractivity contribution in [2.45, 2.75) is 6.42 Å². The lowest BCUT2D eigenvalue weighted by atomic mass is 10.1. The number of hydrogen-bond acceptors (Lipinski definition) is 1. The Kier molecular flexibility index (Phi) is 4.76. The lowest BCUT2D eigenvalue weighted by Gasteiger charge is -2.07. The summed E-state index contributed by atoms with van der Waals surface area (Å²) in [6.45, 7) is 0. The van der Waals surface area contributed by atoms with Crippen LogP contribution in [0, 0.1) is 9.39 Å². The van der Waals surface area contributed by atoms with Crippen molar-refractivity contribution >= 4 is 45.8 Å². The van der Waals surface area contributed by atoms with Crippen LogP contribution >= 0.6 is 34.2 Å². The van der Waals surface area contributed by atoms with Gasteiger partial charge in [0, 0.05) is 3.57 Å². The fraction of sp³-hybridized carbons (Fsp3) is 0.0714. The quantitative estimate of drug-likeness (QED) is 0.781. The molecule has 0 aliphatic rings. The predicted molar refractivity (Wildman–Crippen MR) is 82.9 cm³/mol. The van der Waals surface area contributed by atoms with Crippen LogP contribution in [0.25, 0.3) is 0 Å². The number of benzene rings is 2. The van der Waals surface area contributed by atoms with E-state index in [2.05, 4.69) is 27.9 Å². The smallest absolute Gasteiger partial charge is 0.228 e. The number of amides is 1. The maximum absolute atomic E-state index is 12.7. The van der Waals surface area contributed by atoms with Gasteiger partial charge in [-0.1, -0.05) is 23.7 Å². The van der Waals surface area contributed by atoms with Crippen LogP contribution in [0.5, 0.6) is 0 Å². The Labute approximate surface area is 129 Å². The van der Waals surface area contributed by atoms with Gasteiger partial charge in [-0.05, 0) is 58.5 Å². The van der Waals surface area contributed by atoms with Gasteiger partial charge in [-0.2, -0.15) is 0 Å². The summed E-state index contributed by atoms with van der Waals surface area (Å²) in [5.74, 6) is -0.500. The van der Waals surface area contributed by atoms with Gasteiger partial charge in [-0.25, -0.2) is 4.39 Å². The first-order valence-electron chi connectivity index (χ1n) is 5.54. The van der Waals surface area contributed by atoms with Crippen LogP contribution in [0.4, 0.5) is 10.1 Å². The third-order valence-corrected chi connectivity index (χ3v) is 3.47. The zero-order valence-corrected chi connectivity index (χ0v) is 12.7. The maximum atomic E-state index is 12.7. The van der Waals surface area contributed by atoms with Gasteiger partial charge in [0.2, 0.25) is 5.91 Å². The summed E-state index contributed by atoms with van der Waals surface area (Å²) in [7, 11) is 0. The van der Waals surface area contributed by atoms with Gasteiger partial charge in [0.1, 0.15) is 5.82 Å². The van der Waals surface area contributed by atoms with E-state index in [9.17, 15) is 9.18 Å². The normalized spacial score (nSPS) is 10.3. The first kappa shape index (κ1) is 14.3. The molecule has 1 N–H and O–H groups in total. The monoisotopic (exact) mass is 389 g/mol. The molecule has 0 heterocycles. The minimum absolute atomic E-state index is 0.183. The summed E-state index contributed by atoms with van der Waals surface area (Å²) >= 11 is 8.17. The summed E-state index contributed by atoms with van der Waals surface area (Å²) in [5.41, 5.74) is 1.33. The Morgan fingerprint density at radius 1 is 1.21 bits per heavy atom. The maximum Gasteiger partial charge on any atom is 0.228 e.